The molecule has 1 aliphatic rings. The number of fused-ring (bicyclic) bond motifs is 1. The molecular weight excluding hydrogens is 314 g/mol. The lowest BCUT2D eigenvalue weighted by Crippen LogP contribution is -2.24. The molecule has 20 heavy (non-hydrogen) atoms. The van der Waals surface area contributed by atoms with Gasteiger partial charge in [0, 0.05) is 24.9 Å². The molecule has 0 bridgehead atoms. The normalized spacial score (nSPS) is 16.4. The maximum atomic E-state index is 4.56. The highest BCUT2D eigenvalue weighted by atomic mass is 79.9. The number of hydrogen-bond donors (Lipinski definition) is 1. The fraction of sp³-hybridized carbons (Fsp3) is 0.375. The van der Waals surface area contributed by atoms with Crippen molar-refractivity contribution in [2.45, 2.75) is 32.1 Å². The number of nitrogens with zero attached hydrogens (tertiary/aromatic N) is 2. The molecule has 3 rings (SSSR count). The molecule has 1 aromatic heterocycles. The fourth-order valence-corrected chi connectivity index (χ4v) is 3.08. The second-order valence-electron chi connectivity index (χ2n) is 5.22. The largest absolute Gasteiger partial charge is 0.369 e. The summed E-state index contributed by atoms with van der Waals surface area (Å²) >= 11 is 3.46. The molecule has 2 aromatic rings. The van der Waals surface area contributed by atoms with E-state index in [1.54, 1.807) is 0 Å². The van der Waals surface area contributed by atoms with Crippen molar-refractivity contribution < 1.29 is 0 Å². The zero-order valence-corrected chi connectivity index (χ0v) is 13.2. The van der Waals surface area contributed by atoms with E-state index in [9.17, 15) is 0 Å². The number of benzene rings is 1. The predicted molar refractivity (Wildman–Crippen MR) is 85.1 cm³/mol. The van der Waals surface area contributed by atoms with Crippen molar-refractivity contribution >= 4 is 21.7 Å². The van der Waals surface area contributed by atoms with E-state index < -0.39 is 0 Å². The van der Waals surface area contributed by atoms with Gasteiger partial charge in [0.25, 0.3) is 0 Å². The molecule has 1 N–H and O–H groups in total. The second-order valence-corrected chi connectivity index (χ2v) is 6.04. The standard InChI is InChI=1S/C16H18BrN3/c1-2-5-15-19-14(17)9-16(20-15)18-10-12-8-11-6-3-4-7-13(11)12/h3-4,6-7,9,12H,2,5,8,10H2,1H3,(H,18,19,20). The summed E-state index contributed by atoms with van der Waals surface area (Å²) in [7, 11) is 0. The quantitative estimate of drug-likeness (QED) is 0.843. The van der Waals surface area contributed by atoms with Gasteiger partial charge in [0.05, 0.1) is 0 Å². The monoisotopic (exact) mass is 331 g/mol. The Labute approximate surface area is 128 Å². The van der Waals surface area contributed by atoms with Gasteiger partial charge in [0.2, 0.25) is 0 Å². The van der Waals surface area contributed by atoms with Crippen molar-refractivity contribution in [1.82, 2.24) is 9.97 Å². The van der Waals surface area contributed by atoms with E-state index in [-0.39, 0.29) is 0 Å². The molecule has 0 radical (unpaired) electrons. The highest BCUT2D eigenvalue weighted by Gasteiger charge is 2.24. The van der Waals surface area contributed by atoms with Crippen molar-refractivity contribution in [1.29, 1.82) is 0 Å². The van der Waals surface area contributed by atoms with Crippen LogP contribution in [0.25, 0.3) is 0 Å². The molecule has 0 spiro atoms. The van der Waals surface area contributed by atoms with Crippen molar-refractivity contribution in [2.75, 3.05) is 11.9 Å². The first-order valence-corrected chi connectivity index (χ1v) is 7.90. The number of anilines is 1. The molecule has 1 aromatic carbocycles. The molecule has 1 atom stereocenters. The minimum Gasteiger partial charge on any atom is -0.369 e. The Hall–Kier alpha value is -1.42. The van der Waals surface area contributed by atoms with Crippen molar-refractivity contribution in [3.63, 3.8) is 0 Å². The van der Waals surface area contributed by atoms with Crippen LogP contribution in [0.2, 0.25) is 0 Å². The van der Waals surface area contributed by atoms with Crippen LogP contribution in [0.3, 0.4) is 0 Å². The second kappa shape index (κ2) is 5.92. The summed E-state index contributed by atoms with van der Waals surface area (Å²) in [5.74, 6) is 2.42. The van der Waals surface area contributed by atoms with E-state index in [4.69, 9.17) is 0 Å². The van der Waals surface area contributed by atoms with Crippen molar-refractivity contribution in [3.05, 3.63) is 51.9 Å². The summed E-state index contributed by atoms with van der Waals surface area (Å²) in [4.78, 5) is 8.94. The van der Waals surface area contributed by atoms with E-state index in [0.717, 1.165) is 42.1 Å². The molecule has 104 valence electrons. The van der Waals surface area contributed by atoms with E-state index in [2.05, 4.69) is 62.4 Å². The first-order chi connectivity index (χ1) is 9.76. The van der Waals surface area contributed by atoms with Crippen LogP contribution in [-0.4, -0.2) is 16.5 Å². The van der Waals surface area contributed by atoms with Crippen LogP contribution in [0.15, 0.2) is 34.9 Å². The van der Waals surface area contributed by atoms with Gasteiger partial charge in [-0.2, -0.15) is 0 Å². The van der Waals surface area contributed by atoms with E-state index in [1.807, 2.05) is 6.07 Å². The van der Waals surface area contributed by atoms with Gasteiger partial charge in [-0.1, -0.05) is 31.2 Å². The molecule has 0 aliphatic heterocycles. The summed E-state index contributed by atoms with van der Waals surface area (Å²) < 4.78 is 0.854. The van der Waals surface area contributed by atoms with E-state index in [0.29, 0.717) is 5.92 Å². The summed E-state index contributed by atoms with van der Waals surface area (Å²) in [6.07, 6.45) is 3.14. The van der Waals surface area contributed by atoms with Crippen LogP contribution in [0.4, 0.5) is 5.82 Å². The molecule has 4 heteroatoms. The Morgan fingerprint density at radius 1 is 1.30 bits per heavy atom. The van der Waals surface area contributed by atoms with Crippen LogP contribution >= 0.6 is 15.9 Å². The van der Waals surface area contributed by atoms with Gasteiger partial charge in [-0.25, -0.2) is 9.97 Å². The van der Waals surface area contributed by atoms with E-state index >= 15 is 0 Å². The smallest absolute Gasteiger partial charge is 0.132 e. The third-order valence-electron chi connectivity index (χ3n) is 3.71. The number of hydrogen-bond acceptors (Lipinski definition) is 3. The summed E-state index contributed by atoms with van der Waals surface area (Å²) in [6.45, 7) is 3.08. The maximum absolute atomic E-state index is 4.56. The predicted octanol–water partition coefficient (Wildman–Crippen LogP) is 3.94. The van der Waals surface area contributed by atoms with Gasteiger partial charge in [-0.05, 0) is 39.9 Å². The number of aryl methyl sites for hydroxylation is 1. The lowest BCUT2D eigenvalue weighted by molar-refractivity contribution is 0.634. The molecule has 0 amide bonds. The molecule has 1 heterocycles. The summed E-state index contributed by atoms with van der Waals surface area (Å²) in [6, 6.07) is 10.6. The Balaban J connectivity index is 1.65. The summed E-state index contributed by atoms with van der Waals surface area (Å²) in [5, 5.41) is 3.45. The van der Waals surface area contributed by atoms with E-state index in [1.165, 1.54) is 11.1 Å². The van der Waals surface area contributed by atoms with Gasteiger partial charge in [0.15, 0.2) is 0 Å². The molecular formula is C16H18BrN3. The Kier molecular flexibility index (Phi) is 4.01. The van der Waals surface area contributed by atoms with Gasteiger partial charge in [0.1, 0.15) is 16.2 Å². The molecule has 3 nitrogen and oxygen atoms in total. The SMILES string of the molecule is CCCc1nc(Br)cc(NCC2Cc3ccccc32)n1. The van der Waals surface area contributed by atoms with Gasteiger partial charge < -0.3 is 5.32 Å². The first-order valence-electron chi connectivity index (χ1n) is 7.11. The average molecular weight is 332 g/mol. The number of halogens is 1. The Morgan fingerprint density at radius 2 is 2.15 bits per heavy atom. The Morgan fingerprint density at radius 3 is 2.95 bits per heavy atom. The Bertz CT molecular complexity index is 612. The minimum atomic E-state index is 0.606. The number of aromatic nitrogens is 2. The van der Waals surface area contributed by atoms with Crippen molar-refractivity contribution in [3.8, 4) is 0 Å². The zero-order chi connectivity index (χ0) is 13.9. The minimum absolute atomic E-state index is 0.606. The van der Waals surface area contributed by atoms with Crippen LogP contribution in [-0.2, 0) is 12.8 Å². The van der Waals surface area contributed by atoms with Crippen LogP contribution in [0.1, 0.15) is 36.2 Å². The third kappa shape index (κ3) is 2.85. The molecule has 1 unspecified atom stereocenters. The lowest BCUT2D eigenvalue weighted by Gasteiger charge is -2.30. The first kappa shape index (κ1) is 13.6. The van der Waals surface area contributed by atoms with Crippen LogP contribution < -0.4 is 5.32 Å². The van der Waals surface area contributed by atoms with Gasteiger partial charge in [-0.15, -0.1) is 0 Å². The zero-order valence-electron chi connectivity index (χ0n) is 11.6. The highest BCUT2D eigenvalue weighted by Crippen LogP contribution is 2.34. The van der Waals surface area contributed by atoms with Gasteiger partial charge in [-0.3, -0.25) is 0 Å². The molecule has 0 saturated heterocycles. The molecule has 0 saturated carbocycles. The number of nitrogens with one attached hydrogen (secondary N) is 1. The number of rotatable bonds is 5. The third-order valence-corrected chi connectivity index (χ3v) is 4.11. The molecule has 0 fully saturated rings. The van der Waals surface area contributed by atoms with Crippen molar-refractivity contribution in [2.24, 2.45) is 0 Å². The lowest BCUT2D eigenvalue weighted by atomic mass is 9.78. The van der Waals surface area contributed by atoms with Crippen LogP contribution in [0.5, 0.6) is 0 Å². The summed E-state index contributed by atoms with van der Waals surface area (Å²) in [5.41, 5.74) is 2.96. The molecule has 1 aliphatic carbocycles. The maximum Gasteiger partial charge on any atom is 0.132 e. The fourth-order valence-electron chi connectivity index (χ4n) is 2.66. The van der Waals surface area contributed by atoms with Gasteiger partial charge >= 0.3 is 0 Å². The topological polar surface area (TPSA) is 37.8 Å². The van der Waals surface area contributed by atoms with Crippen LogP contribution in [0, 0.1) is 0 Å². The highest BCUT2D eigenvalue weighted by molar-refractivity contribution is 9.10. The average Bonchev–Trinajstić information content (AvgIpc) is 2.39.